The summed E-state index contributed by atoms with van der Waals surface area (Å²) in [4.78, 5) is 2.48. The van der Waals surface area contributed by atoms with Gasteiger partial charge in [0.2, 0.25) is 0 Å². The van der Waals surface area contributed by atoms with Gasteiger partial charge in [-0.05, 0) is 37.0 Å². The zero-order valence-corrected chi connectivity index (χ0v) is 12.1. The van der Waals surface area contributed by atoms with Gasteiger partial charge in [-0.3, -0.25) is 0 Å². The Kier molecular flexibility index (Phi) is 3.81. The van der Waals surface area contributed by atoms with Gasteiger partial charge in [-0.2, -0.15) is 0 Å². The van der Waals surface area contributed by atoms with Crippen LogP contribution in [0, 0.1) is 5.92 Å². The molecule has 2 unspecified atom stereocenters. The molecule has 1 aromatic carbocycles. The van der Waals surface area contributed by atoms with E-state index in [0.717, 1.165) is 16.9 Å². The molecule has 2 rings (SSSR count). The summed E-state index contributed by atoms with van der Waals surface area (Å²) < 4.78 is 1.13. The maximum absolute atomic E-state index is 6.00. The first-order valence-corrected chi connectivity index (χ1v) is 7.05. The first-order valence-electron chi connectivity index (χ1n) is 5.73. The van der Waals surface area contributed by atoms with Crippen molar-refractivity contribution in [2.24, 2.45) is 5.92 Å². The molecule has 0 aromatic heterocycles. The number of hydrogen-bond acceptors (Lipinski definition) is 1. The minimum atomic E-state index is 0.584. The van der Waals surface area contributed by atoms with E-state index < -0.39 is 0 Å². The Hall–Kier alpha value is -0.210. The van der Waals surface area contributed by atoms with Crippen LogP contribution in [0.25, 0.3) is 0 Å². The molecule has 1 nitrogen and oxygen atoms in total. The minimum Gasteiger partial charge on any atom is -0.368 e. The summed E-state index contributed by atoms with van der Waals surface area (Å²) in [7, 11) is 0. The van der Waals surface area contributed by atoms with Crippen molar-refractivity contribution in [3.63, 3.8) is 0 Å². The van der Waals surface area contributed by atoms with E-state index in [1.54, 1.807) is 0 Å². The Bertz CT molecular complexity index is 380. The van der Waals surface area contributed by atoms with E-state index in [0.29, 0.717) is 11.9 Å². The van der Waals surface area contributed by atoms with Gasteiger partial charge in [-0.25, -0.2) is 0 Å². The summed E-state index contributed by atoms with van der Waals surface area (Å²) in [6.07, 6.45) is 1.27. The Labute approximate surface area is 111 Å². The largest absolute Gasteiger partial charge is 0.368 e. The molecule has 1 fully saturated rings. The Morgan fingerprint density at radius 2 is 2.19 bits per heavy atom. The summed E-state index contributed by atoms with van der Waals surface area (Å²) in [6, 6.07) is 6.98. The topological polar surface area (TPSA) is 3.24 Å². The SMILES string of the molecule is CC1CC(C)N(c2cc(Br)ccc2CCl)C1. The van der Waals surface area contributed by atoms with E-state index in [4.69, 9.17) is 11.6 Å². The average Bonchev–Trinajstić information content (AvgIpc) is 2.57. The van der Waals surface area contributed by atoms with Crippen molar-refractivity contribution in [3.05, 3.63) is 28.2 Å². The summed E-state index contributed by atoms with van der Waals surface area (Å²) in [5.74, 6) is 1.36. The molecule has 0 amide bonds. The van der Waals surface area contributed by atoms with Gasteiger partial charge < -0.3 is 4.90 Å². The van der Waals surface area contributed by atoms with Crippen molar-refractivity contribution in [3.8, 4) is 0 Å². The lowest BCUT2D eigenvalue weighted by atomic mass is 10.1. The summed E-state index contributed by atoms with van der Waals surface area (Å²) in [5, 5.41) is 0. The first-order chi connectivity index (χ1) is 7.61. The van der Waals surface area contributed by atoms with Gasteiger partial charge in [-0.1, -0.05) is 28.9 Å². The van der Waals surface area contributed by atoms with E-state index >= 15 is 0 Å². The molecule has 1 aromatic rings. The minimum absolute atomic E-state index is 0.584. The van der Waals surface area contributed by atoms with Gasteiger partial charge in [0.1, 0.15) is 0 Å². The lowest BCUT2D eigenvalue weighted by molar-refractivity contribution is 0.625. The van der Waals surface area contributed by atoms with E-state index in [-0.39, 0.29) is 0 Å². The van der Waals surface area contributed by atoms with Crippen LogP contribution in [0.1, 0.15) is 25.8 Å². The summed E-state index contributed by atoms with van der Waals surface area (Å²) in [5.41, 5.74) is 2.52. The zero-order valence-electron chi connectivity index (χ0n) is 9.71. The molecule has 88 valence electrons. The fourth-order valence-corrected chi connectivity index (χ4v) is 3.13. The van der Waals surface area contributed by atoms with Crippen LogP contribution in [0.5, 0.6) is 0 Å². The highest BCUT2D eigenvalue weighted by molar-refractivity contribution is 9.10. The third-order valence-electron chi connectivity index (χ3n) is 3.28. The number of halogens is 2. The van der Waals surface area contributed by atoms with Crippen molar-refractivity contribution in [1.29, 1.82) is 0 Å². The van der Waals surface area contributed by atoms with Crippen LogP contribution in [-0.4, -0.2) is 12.6 Å². The lowest BCUT2D eigenvalue weighted by Crippen LogP contribution is -2.27. The third kappa shape index (κ3) is 2.38. The Morgan fingerprint density at radius 3 is 2.75 bits per heavy atom. The van der Waals surface area contributed by atoms with E-state index in [9.17, 15) is 0 Å². The number of alkyl halides is 1. The molecule has 16 heavy (non-hydrogen) atoms. The van der Waals surface area contributed by atoms with Crippen molar-refractivity contribution in [2.45, 2.75) is 32.2 Å². The van der Waals surface area contributed by atoms with Gasteiger partial charge in [-0.15, -0.1) is 11.6 Å². The van der Waals surface area contributed by atoms with E-state index in [2.05, 4.69) is 52.9 Å². The predicted octanol–water partition coefficient (Wildman–Crippen LogP) is 4.42. The van der Waals surface area contributed by atoms with Gasteiger partial charge >= 0.3 is 0 Å². The third-order valence-corrected chi connectivity index (χ3v) is 4.07. The monoisotopic (exact) mass is 301 g/mol. The van der Waals surface area contributed by atoms with Crippen LogP contribution in [0.15, 0.2) is 22.7 Å². The van der Waals surface area contributed by atoms with Gasteiger partial charge in [0.15, 0.2) is 0 Å². The van der Waals surface area contributed by atoms with Crippen molar-refractivity contribution >= 4 is 33.2 Å². The molecular formula is C13H17BrClN. The number of hydrogen-bond donors (Lipinski definition) is 0. The molecule has 2 atom stereocenters. The van der Waals surface area contributed by atoms with Gasteiger partial charge in [0, 0.05) is 28.6 Å². The molecular weight excluding hydrogens is 286 g/mol. The van der Waals surface area contributed by atoms with Crippen LogP contribution in [0.3, 0.4) is 0 Å². The fraction of sp³-hybridized carbons (Fsp3) is 0.538. The second kappa shape index (κ2) is 4.97. The molecule has 0 radical (unpaired) electrons. The number of rotatable bonds is 2. The predicted molar refractivity (Wildman–Crippen MR) is 74.3 cm³/mol. The molecule has 0 spiro atoms. The number of nitrogens with zero attached hydrogens (tertiary/aromatic N) is 1. The van der Waals surface area contributed by atoms with Gasteiger partial charge in [0.25, 0.3) is 0 Å². The maximum atomic E-state index is 6.00. The average molecular weight is 303 g/mol. The van der Waals surface area contributed by atoms with Crippen LogP contribution in [0.2, 0.25) is 0 Å². The number of anilines is 1. The highest BCUT2D eigenvalue weighted by Gasteiger charge is 2.27. The first kappa shape index (κ1) is 12.3. The highest BCUT2D eigenvalue weighted by atomic mass is 79.9. The molecule has 1 saturated heterocycles. The van der Waals surface area contributed by atoms with Crippen molar-refractivity contribution in [2.75, 3.05) is 11.4 Å². The quantitative estimate of drug-likeness (QED) is 0.731. The normalized spacial score (nSPS) is 25.1. The molecule has 0 bridgehead atoms. The van der Waals surface area contributed by atoms with Crippen LogP contribution in [-0.2, 0) is 5.88 Å². The van der Waals surface area contributed by atoms with Gasteiger partial charge in [0.05, 0.1) is 0 Å². The molecule has 1 aliphatic heterocycles. The maximum Gasteiger partial charge on any atom is 0.0494 e. The van der Waals surface area contributed by atoms with E-state index in [1.165, 1.54) is 17.7 Å². The van der Waals surface area contributed by atoms with Crippen molar-refractivity contribution < 1.29 is 0 Å². The van der Waals surface area contributed by atoms with Crippen molar-refractivity contribution in [1.82, 2.24) is 0 Å². The molecule has 3 heteroatoms. The molecule has 0 aliphatic carbocycles. The summed E-state index contributed by atoms with van der Waals surface area (Å²) in [6.45, 7) is 5.75. The Morgan fingerprint density at radius 1 is 1.44 bits per heavy atom. The lowest BCUT2D eigenvalue weighted by Gasteiger charge is -2.26. The standard InChI is InChI=1S/C13H17BrClN/c1-9-5-10(2)16(8-9)13-6-12(14)4-3-11(13)7-15/h3-4,6,9-10H,5,7-8H2,1-2H3. The molecule has 0 N–H and O–H groups in total. The molecule has 0 saturated carbocycles. The second-order valence-electron chi connectivity index (χ2n) is 4.75. The fourth-order valence-electron chi connectivity index (χ4n) is 2.55. The van der Waals surface area contributed by atoms with Crippen LogP contribution < -0.4 is 4.90 Å². The second-order valence-corrected chi connectivity index (χ2v) is 5.93. The number of benzene rings is 1. The molecule has 1 aliphatic rings. The van der Waals surface area contributed by atoms with E-state index in [1.807, 2.05) is 0 Å². The van der Waals surface area contributed by atoms with Crippen LogP contribution in [0.4, 0.5) is 5.69 Å². The zero-order chi connectivity index (χ0) is 11.7. The van der Waals surface area contributed by atoms with Crippen LogP contribution >= 0.6 is 27.5 Å². The highest BCUT2D eigenvalue weighted by Crippen LogP contribution is 2.33. The Balaban J connectivity index is 2.35. The molecule has 1 heterocycles. The summed E-state index contributed by atoms with van der Waals surface area (Å²) >= 11 is 9.54. The smallest absolute Gasteiger partial charge is 0.0494 e.